The number of carbonyl (C=O) groups excluding carboxylic acids is 1. The van der Waals surface area contributed by atoms with Gasteiger partial charge in [-0.05, 0) is 18.2 Å². The summed E-state index contributed by atoms with van der Waals surface area (Å²) in [6.07, 6.45) is -1.61. The van der Waals surface area contributed by atoms with Gasteiger partial charge in [0.15, 0.2) is 0 Å². The first-order valence-electron chi connectivity index (χ1n) is 6.27. The fourth-order valence-corrected chi connectivity index (χ4v) is 2.54. The number of aliphatic hydroxyl groups excluding tert-OH is 1. The number of phenols is 1. The van der Waals surface area contributed by atoms with Crippen molar-refractivity contribution in [1.29, 1.82) is 0 Å². The Morgan fingerprint density at radius 2 is 2.05 bits per heavy atom. The summed E-state index contributed by atoms with van der Waals surface area (Å²) >= 11 is 0. The fourth-order valence-electron chi connectivity index (χ4n) is 2.54. The monoisotopic (exact) mass is 283 g/mol. The number of aliphatic hydroxyl groups is 1. The van der Waals surface area contributed by atoms with E-state index in [-0.39, 0.29) is 24.5 Å². The maximum atomic E-state index is 13.5. The molecular formula is C13H14FNO5. The summed E-state index contributed by atoms with van der Waals surface area (Å²) in [6, 6.07) is 2.79. The highest BCUT2D eigenvalue weighted by atomic mass is 19.1. The number of fused-ring (bicyclic) bond motifs is 1. The van der Waals surface area contributed by atoms with Crippen LogP contribution in [-0.2, 0) is 9.47 Å². The first kappa shape index (κ1) is 13.3. The lowest BCUT2D eigenvalue weighted by Gasteiger charge is -2.17. The molecule has 0 saturated carbocycles. The van der Waals surface area contributed by atoms with Crippen LogP contribution >= 0.6 is 0 Å². The second kappa shape index (κ2) is 5.01. The van der Waals surface area contributed by atoms with Crippen LogP contribution in [0.2, 0.25) is 0 Å². The predicted octanol–water partition coefficient (Wildman–Crippen LogP) is -0.212. The number of benzene rings is 1. The Labute approximate surface area is 114 Å². The zero-order valence-electron chi connectivity index (χ0n) is 10.5. The molecule has 6 nitrogen and oxygen atoms in total. The van der Waals surface area contributed by atoms with Gasteiger partial charge in [-0.3, -0.25) is 4.79 Å². The molecule has 0 unspecified atom stereocenters. The molecule has 20 heavy (non-hydrogen) atoms. The van der Waals surface area contributed by atoms with Crippen molar-refractivity contribution in [3.63, 3.8) is 0 Å². The summed E-state index contributed by atoms with van der Waals surface area (Å²) in [5.74, 6) is -1.56. The summed E-state index contributed by atoms with van der Waals surface area (Å²) in [4.78, 5) is 12.0. The lowest BCUT2D eigenvalue weighted by Crippen LogP contribution is -2.44. The Bertz CT molecular complexity index is 537. The Hall–Kier alpha value is -1.70. The average Bonchev–Trinajstić information content (AvgIpc) is 2.97. The van der Waals surface area contributed by atoms with Gasteiger partial charge in [0.05, 0.1) is 24.8 Å². The highest BCUT2D eigenvalue weighted by Crippen LogP contribution is 2.27. The molecule has 3 rings (SSSR count). The van der Waals surface area contributed by atoms with Gasteiger partial charge < -0.3 is 25.0 Å². The molecule has 3 N–H and O–H groups in total. The molecule has 0 spiro atoms. The van der Waals surface area contributed by atoms with Gasteiger partial charge in [0.25, 0.3) is 5.91 Å². The molecule has 7 heteroatoms. The number of nitrogens with one attached hydrogen (secondary N) is 1. The first-order valence-corrected chi connectivity index (χ1v) is 6.27. The average molecular weight is 283 g/mol. The van der Waals surface area contributed by atoms with E-state index in [1.165, 1.54) is 0 Å². The van der Waals surface area contributed by atoms with Crippen molar-refractivity contribution in [2.45, 2.75) is 24.4 Å². The molecule has 4 atom stereocenters. The van der Waals surface area contributed by atoms with Crippen molar-refractivity contribution in [2.24, 2.45) is 0 Å². The normalized spacial score (nSPS) is 32.1. The highest BCUT2D eigenvalue weighted by Gasteiger charge is 2.47. The van der Waals surface area contributed by atoms with Gasteiger partial charge in [0, 0.05) is 0 Å². The predicted molar refractivity (Wildman–Crippen MR) is 64.8 cm³/mol. The number of carbonyl (C=O) groups is 1. The molecule has 2 saturated heterocycles. The molecule has 0 radical (unpaired) electrons. The molecule has 1 amide bonds. The van der Waals surface area contributed by atoms with Gasteiger partial charge in [-0.1, -0.05) is 0 Å². The number of hydrogen-bond donors (Lipinski definition) is 3. The number of amides is 1. The summed E-state index contributed by atoms with van der Waals surface area (Å²) in [5, 5.41) is 21.5. The topological polar surface area (TPSA) is 88.0 Å². The number of halogens is 1. The fraction of sp³-hybridized carbons (Fsp3) is 0.462. The SMILES string of the molecule is O=C(N[C@H]1CO[C@H]2[C@@H]1OC[C@H]2O)c1cc(O)ccc1F. The molecule has 108 valence electrons. The van der Waals surface area contributed by atoms with Crippen LogP contribution in [0.3, 0.4) is 0 Å². The van der Waals surface area contributed by atoms with Crippen LogP contribution in [0, 0.1) is 5.82 Å². The zero-order chi connectivity index (χ0) is 14.3. The van der Waals surface area contributed by atoms with Crippen LogP contribution < -0.4 is 5.32 Å². The van der Waals surface area contributed by atoms with Crippen LogP contribution in [-0.4, -0.2) is 53.7 Å². The smallest absolute Gasteiger partial charge is 0.254 e. The van der Waals surface area contributed by atoms with E-state index in [2.05, 4.69) is 5.32 Å². The van der Waals surface area contributed by atoms with Gasteiger partial charge in [0.1, 0.15) is 29.9 Å². The summed E-state index contributed by atoms with van der Waals surface area (Å²) in [6.45, 7) is 0.348. The molecule has 0 aliphatic carbocycles. The maximum absolute atomic E-state index is 13.5. The van der Waals surface area contributed by atoms with Crippen molar-refractivity contribution in [3.05, 3.63) is 29.6 Å². The van der Waals surface area contributed by atoms with E-state index in [9.17, 15) is 19.4 Å². The van der Waals surface area contributed by atoms with E-state index >= 15 is 0 Å². The number of ether oxygens (including phenoxy) is 2. The van der Waals surface area contributed by atoms with Crippen LogP contribution in [0.5, 0.6) is 5.75 Å². The number of phenolic OH excluding ortho intramolecular Hbond substituents is 1. The molecule has 2 aliphatic heterocycles. The third-order valence-corrected chi connectivity index (χ3v) is 3.54. The highest BCUT2D eigenvalue weighted by molar-refractivity contribution is 5.95. The number of rotatable bonds is 2. The van der Waals surface area contributed by atoms with Crippen LogP contribution in [0.15, 0.2) is 18.2 Å². The molecule has 2 aliphatic rings. The van der Waals surface area contributed by atoms with Crippen LogP contribution in [0.4, 0.5) is 4.39 Å². The molecule has 1 aromatic rings. The molecule has 0 aromatic heterocycles. The Kier molecular flexibility index (Phi) is 3.33. The van der Waals surface area contributed by atoms with Crippen molar-refractivity contribution >= 4 is 5.91 Å². The molecule has 1 aromatic carbocycles. The molecule has 2 fully saturated rings. The van der Waals surface area contributed by atoms with E-state index in [1.807, 2.05) is 0 Å². The van der Waals surface area contributed by atoms with Crippen molar-refractivity contribution in [2.75, 3.05) is 13.2 Å². The Balaban J connectivity index is 1.72. The van der Waals surface area contributed by atoms with E-state index in [4.69, 9.17) is 9.47 Å². The zero-order valence-corrected chi connectivity index (χ0v) is 10.5. The summed E-state index contributed by atoms with van der Waals surface area (Å²) < 4.78 is 24.3. The third-order valence-electron chi connectivity index (χ3n) is 3.54. The minimum atomic E-state index is -0.719. The number of hydrogen-bond acceptors (Lipinski definition) is 5. The maximum Gasteiger partial charge on any atom is 0.254 e. The van der Waals surface area contributed by atoms with E-state index in [0.29, 0.717) is 0 Å². The van der Waals surface area contributed by atoms with Crippen molar-refractivity contribution in [3.8, 4) is 5.75 Å². The largest absolute Gasteiger partial charge is 0.508 e. The van der Waals surface area contributed by atoms with Crippen molar-refractivity contribution < 1.29 is 28.9 Å². The lowest BCUT2D eigenvalue weighted by atomic mass is 10.1. The van der Waals surface area contributed by atoms with Gasteiger partial charge in [-0.25, -0.2) is 4.39 Å². The summed E-state index contributed by atoms with van der Waals surface area (Å²) in [5.41, 5.74) is -0.244. The van der Waals surface area contributed by atoms with Gasteiger partial charge in [-0.15, -0.1) is 0 Å². The second-order valence-corrected chi connectivity index (χ2v) is 4.91. The van der Waals surface area contributed by atoms with Crippen LogP contribution in [0.1, 0.15) is 10.4 Å². The quantitative estimate of drug-likeness (QED) is 0.699. The molecule has 2 heterocycles. The molecular weight excluding hydrogens is 269 g/mol. The summed E-state index contributed by atoms with van der Waals surface area (Å²) in [7, 11) is 0. The van der Waals surface area contributed by atoms with Crippen molar-refractivity contribution in [1.82, 2.24) is 5.32 Å². The first-order chi connectivity index (χ1) is 9.56. The van der Waals surface area contributed by atoms with Crippen LogP contribution in [0.25, 0.3) is 0 Å². The molecule has 0 bridgehead atoms. The Morgan fingerprint density at radius 1 is 1.30 bits per heavy atom. The number of aromatic hydroxyl groups is 1. The van der Waals surface area contributed by atoms with E-state index < -0.39 is 36.1 Å². The van der Waals surface area contributed by atoms with Gasteiger partial charge in [0.2, 0.25) is 0 Å². The Morgan fingerprint density at radius 3 is 2.85 bits per heavy atom. The minimum Gasteiger partial charge on any atom is -0.508 e. The second-order valence-electron chi connectivity index (χ2n) is 4.91. The van der Waals surface area contributed by atoms with E-state index in [1.54, 1.807) is 0 Å². The lowest BCUT2D eigenvalue weighted by molar-refractivity contribution is 0.0178. The van der Waals surface area contributed by atoms with Gasteiger partial charge >= 0.3 is 0 Å². The minimum absolute atomic E-state index is 0.155. The van der Waals surface area contributed by atoms with E-state index in [0.717, 1.165) is 18.2 Å². The van der Waals surface area contributed by atoms with Gasteiger partial charge in [-0.2, -0.15) is 0 Å². The standard InChI is InChI=1S/C13H14FNO5/c14-8-2-1-6(16)3-7(8)13(18)15-9-4-19-12-10(17)5-20-11(9)12/h1-3,9-12,16-17H,4-5H2,(H,15,18)/t9-,10+,11+,12+/m0/s1. The third kappa shape index (κ3) is 2.24.